The summed E-state index contributed by atoms with van der Waals surface area (Å²) >= 11 is 0. The molecule has 0 aromatic rings. The van der Waals surface area contributed by atoms with E-state index in [1.54, 1.807) is 6.92 Å². The summed E-state index contributed by atoms with van der Waals surface area (Å²) in [5.41, 5.74) is 0. The van der Waals surface area contributed by atoms with Crippen LogP contribution in [-0.2, 0) is 38.1 Å². The Morgan fingerprint density at radius 3 is 2.41 bits per heavy atom. The van der Waals surface area contributed by atoms with E-state index in [9.17, 15) is 14.4 Å². The molecule has 204 valence electrons. The normalized spacial score (nSPS) is 46.2. The van der Waals surface area contributed by atoms with Crippen LogP contribution in [0.4, 0.5) is 0 Å². The van der Waals surface area contributed by atoms with E-state index in [2.05, 4.69) is 0 Å². The number of esters is 3. The van der Waals surface area contributed by atoms with Gasteiger partial charge in [-0.3, -0.25) is 19.3 Å². The van der Waals surface area contributed by atoms with Crippen LogP contribution in [0, 0.1) is 53.3 Å². The van der Waals surface area contributed by atoms with E-state index in [4.69, 9.17) is 23.7 Å². The average Bonchev–Trinajstić information content (AvgIpc) is 3.48. The van der Waals surface area contributed by atoms with Crippen molar-refractivity contribution in [2.75, 3.05) is 39.5 Å². The molecule has 6 saturated carbocycles. The van der Waals surface area contributed by atoms with Crippen LogP contribution >= 0.6 is 0 Å². The minimum Gasteiger partial charge on any atom is -0.458 e. The summed E-state index contributed by atoms with van der Waals surface area (Å²) in [5, 5.41) is 0. The summed E-state index contributed by atoms with van der Waals surface area (Å²) in [5.74, 6) is 1.24. The summed E-state index contributed by atoms with van der Waals surface area (Å²) in [6, 6.07) is 0. The Morgan fingerprint density at radius 2 is 1.70 bits per heavy atom. The Kier molecular flexibility index (Phi) is 6.24. The molecule has 8 rings (SSSR count). The van der Waals surface area contributed by atoms with Crippen LogP contribution in [0.2, 0.25) is 0 Å². The van der Waals surface area contributed by atoms with Gasteiger partial charge < -0.3 is 23.7 Å². The second-order valence-corrected chi connectivity index (χ2v) is 12.8. The quantitative estimate of drug-likeness (QED) is 0.272. The number of carbonyl (C=O) groups excluding carboxylic acids is 3. The van der Waals surface area contributed by atoms with E-state index in [1.807, 2.05) is 4.90 Å². The molecule has 0 radical (unpaired) electrons. The molecule has 0 spiro atoms. The Morgan fingerprint density at radius 1 is 1.00 bits per heavy atom. The first-order valence-electron chi connectivity index (χ1n) is 14.5. The van der Waals surface area contributed by atoms with Gasteiger partial charge in [0.2, 0.25) is 0 Å². The molecule has 37 heavy (non-hydrogen) atoms. The Hall–Kier alpha value is -1.71. The SMILES string of the molecule is CC(OCC1C2CC3CC(C2)CC1C3)OC(=O)C1C2CC3C(OC(=O)C31)C2OC(=O)CN1CCOCC1. The molecule has 2 saturated heterocycles. The highest BCUT2D eigenvalue weighted by Gasteiger charge is 2.70. The fraction of sp³-hybridized carbons (Fsp3) is 0.893. The highest BCUT2D eigenvalue weighted by atomic mass is 16.7. The first kappa shape index (κ1) is 24.3. The van der Waals surface area contributed by atoms with E-state index in [0.29, 0.717) is 45.2 Å². The highest BCUT2D eigenvalue weighted by Crippen LogP contribution is 2.59. The molecule has 2 aliphatic heterocycles. The van der Waals surface area contributed by atoms with Gasteiger partial charge in [-0.15, -0.1) is 0 Å². The van der Waals surface area contributed by atoms with Crippen molar-refractivity contribution < 1.29 is 38.1 Å². The largest absolute Gasteiger partial charge is 0.458 e. The fourth-order valence-electron chi connectivity index (χ4n) is 9.43. The van der Waals surface area contributed by atoms with E-state index >= 15 is 0 Å². The van der Waals surface area contributed by atoms with Crippen LogP contribution in [0.15, 0.2) is 0 Å². The summed E-state index contributed by atoms with van der Waals surface area (Å²) in [6.45, 7) is 5.14. The summed E-state index contributed by atoms with van der Waals surface area (Å²) in [6.07, 6.45) is 5.67. The molecule has 8 fully saturated rings. The maximum atomic E-state index is 13.4. The third kappa shape index (κ3) is 4.29. The van der Waals surface area contributed by atoms with Gasteiger partial charge in [-0.25, -0.2) is 0 Å². The second kappa shape index (κ2) is 9.49. The van der Waals surface area contributed by atoms with Crippen LogP contribution in [-0.4, -0.2) is 80.8 Å². The third-order valence-electron chi connectivity index (χ3n) is 10.8. The van der Waals surface area contributed by atoms with Gasteiger partial charge >= 0.3 is 17.9 Å². The maximum absolute atomic E-state index is 13.4. The topological polar surface area (TPSA) is 101 Å². The van der Waals surface area contributed by atoms with Crippen molar-refractivity contribution in [2.45, 2.75) is 63.9 Å². The van der Waals surface area contributed by atoms with Crippen molar-refractivity contribution in [3.05, 3.63) is 0 Å². The van der Waals surface area contributed by atoms with Gasteiger partial charge in [-0.2, -0.15) is 0 Å². The van der Waals surface area contributed by atoms with E-state index < -0.39 is 36.3 Å². The number of hydrogen-bond acceptors (Lipinski definition) is 9. The van der Waals surface area contributed by atoms with Crippen molar-refractivity contribution in [3.8, 4) is 0 Å². The molecular weight excluding hydrogens is 478 g/mol. The number of nitrogens with zero attached hydrogens (tertiary/aromatic N) is 1. The van der Waals surface area contributed by atoms with Crippen molar-refractivity contribution in [3.63, 3.8) is 0 Å². The molecule has 6 bridgehead atoms. The number of carbonyl (C=O) groups is 3. The fourth-order valence-corrected chi connectivity index (χ4v) is 9.43. The van der Waals surface area contributed by atoms with Gasteiger partial charge in [0, 0.05) is 24.9 Å². The predicted octanol–water partition coefficient (Wildman–Crippen LogP) is 2.02. The number of rotatable bonds is 8. The van der Waals surface area contributed by atoms with Gasteiger partial charge in [0.1, 0.15) is 12.2 Å². The molecule has 0 N–H and O–H groups in total. The lowest BCUT2D eigenvalue weighted by atomic mass is 9.52. The average molecular weight is 518 g/mol. The lowest BCUT2D eigenvalue weighted by Crippen LogP contribution is -2.47. The molecule has 9 heteroatoms. The van der Waals surface area contributed by atoms with Crippen LogP contribution < -0.4 is 0 Å². The lowest BCUT2D eigenvalue weighted by Gasteiger charge is -2.54. The molecule has 6 aliphatic carbocycles. The van der Waals surface area contributed by atoms with Gasteiger partial charge in [0.05, 0.1) is 38.2 Å². The minimum absolute atomic E-state index is 0.0968. The van der Waals surface area contributed by atoms with Crippen molar-refractivity contribution in [1.82, 2.24) is 4.90 Å². The van der Waals surface area contributed by atoms with Crippen LogP contribution in [0.25, 0.3) is 0 Å². The molecule has 8 aliphatic rings. The van der Waals surface area contributed by atoms with Gasteiger partial charge in [0.15, 0.2) is 6.29 Å². The predicted molar refractivity (Wildman–Crippen MR) is 128 cm³/mol. The summed E-state index contributed by atoms with van der Waals surface area (Å²) in [4.78, 5) is 40.8. The maximum Gasteiger partial charge on any atom is 0.320 e. The van der Waals surface area contributed by atoms with Crippen molar-refractivity contribution in [2.24, 2.45) is 53.3 Å². The zero-order valence-electron chi connectivity index (χ0n) is 21.6. The highest BCUT2D eigenvalue weighted by molar-refractivity contribution is 5.86. The molecule has 9 nitrogen and oxygen atoms in total. The van der Waals surface area contributed by atoms with E-state index in [-0.39, 0.29) is 30.3 Å². The van der Waals surface area contributed by atoms with E-state index in [1.165, 1.54) is 32.1 Å². The van der Waals surface area contributed by atoms with E-state index in [0.717, 1.165) is 23.7 Å². The molecule has 0 amide bonds. The minimum atomic E-state index is -0.667. The molecule has 2 heterocycles. The van der Waals surface area contributed by atoms with Gasteiger partial charge in [0.25, 0.3) is 0 Å². The summed E-state index contributed by atoms with van der Waals surface area (Å²) < 4.78 is 28.7. The van der Waals surface area contributed by atoms with Crippen LogP contribution in [0.1, 0.15) is 45.4 Å². The van der Waals surface area contributed by atoms with Gasteiger partial charge in [-0.05, 0) is 75.0 Å². The number of morpholine rings is 1. The second-order valence-electron chi connectivity index (χ2n) is 12.8. The number of ether oxygens (including phenoxy) is 5. The molecule has 7 unspecified atom stereocenters. The van der Waals surface area contributed by atoms with Crippen LogP contribution in [0.3, 0.4) is 0 Å². The summed E-state index contributed by atoms with van der Waals surface area (Å²) in [7, 11) is 0. The first-order chi connectivity index (χ1) is 17.9. The standard InChI is InChI=1S/C28H39NO8/c1-14(34-13-21-17-7-15-6-16(9-17)10-18(21)8-15)35-27(31)23-19-11-20-24(23)28(32)37-26(20)25(19)36-22(30)12-29-2-4-33-5-3-29/h14-21,23-26H,2-13H2,1H3. The Balaban J connectivity index is 0.955. The Bertz CT molecular complexity index is 905. The number of hydrogen-bond donors (Lipinski definition) is 0. The third-order valence-corrected chi connectivity index (χ3v) is 10.8. The zero-order valence-corrected chi connectivity index (χ0v) is 21.6. The first-order valence-corrected chi connectivity index (χ1v) is 14.5. The Labute approximate surface area is 217 Å². The van der Waals surface area contributed by atoms with Crippen molar-refractivity contribution in [1.29, 1.82) is 0 Å². The molecule has 0 aromatic heterocycles. The van der Waals surface area contributed by atoms with Gasteiger partial charge in [-0.1, -0.05) is 0 Å². The molecule has 0 aromatic carbocycles. The van der Waals surface area contributed by atoms with Crippen molar-refractivity contribution >= 4 is 17.9 Å². The smallest absolute Gasteiger partial charge is 0.320 e. The monoisotopic (exact) mass is 517 g/mol. The number of fused-ring (bicyclic) bond motifs is 1. The molecule has 7 atom stereocenters. The lowest BCUT2D eigenvalue weighted by molar-refractivity contribution is -0.194. The molecular formula is C28H39NO8. The van der Waals surface area contributed by atoms with Crippen LogP contribution in [0.5, 0.6) is 0 Å². The zero-order chi connectivity index (χ0) is 25.3.